The smallest absolute Gasteiger partial charge is 0.331 e. The molecule has 4 rings (SSSR count). The lowest BCUT2D eigenvalue weighted by Gasteiger charge is -2.16. The molecule has 0 aromatic heterocycles. The summed E-state index contributed by atoms with van der Waals surface area (Å²) in [5, 5.41) is 36.7. The Labute approximate surface area is 213 Å². The Morgan fingerprint density at radius 2 is 2.00 bits per heavy atom. The van der Waals surface area contributed by atoms with E-state index >= 15 is 0 Å². The van der Waals surface area contributed by atoms with Gasteiger partial charge in [0.2, 0.25) is 5.91 Å². The van der Waals surface area contributed by atoms with Gasteiger partial charge >= 0.3 is 12.0 Å². The molecule has 0 spiro atoms. The van der Waals surface area contributed by atoms with Crippen molar-refractivity contribution >= 4 is 35.4 Å². The number of carbonyl (C=O) groups excluding carboxylic acids is 2. The molecule has 36 heavy (non-hydrogen) atoms. The molecule has 5 N–H and O–H groups in total. The van der Waals surface area contributed by atoms with E-state index < -0.39 is 5.97 Å². The van der Waals surface area contributed by atoms with E-state index in [0.717, 1.165) is 30.6 Å². The topological polar surface area (TPSA) is 152 Å². The Bertz CT molecular complexity index is 1100. The van der Waals surface area contributed by atoms with Crippen LogP contribution in [0.1, 0.15) is 44.1 Å². The van der Waals surface area contributed by atoms with Crippen molar-refractivity contribution in [1.82, 2.24) is 16.0 Å². The average molecular weight is 514 g/mol. The Morgan fingerprint density at radius 3 is 2.78 bits per heavy atom. The molecule has 3 unspecified atom stereocenters. The number of carbonyl (C=O) groups is 3. The number of aromatic hydroxyl groups is 1. The molecule has 1 aromatic rings. The van der Waals surface area contributed by atoms with E-state index in [2.05, 4.69) is 26.2 Å². The van der Waals surface area contributed by atoms with E-state index in [-0.39, 0.29) is 29.8 Å². The SMILES string of the molecule is O=C(CCCCC1SCC2NC(=O)NC21)NCCc1ccc(O)c(N=NC2=CC=C(C(=O)O)CC2)c1. The lowest BCUT2D eigenvalue weighted by atomic mass is 10.0. The predicted molar refractivity (Wildman–Crippen MR) is 136 cm³/mol. The summed E-state index contributed by atoms with van der Waals surface area (Å²) in [7, 11) is 0. The lowest BCUT2D eigenvalue weighted by Crippen LogP contribution is -2.36. The van der Waals surface area contributed by atoms with Crippen LogP contribution in [0.5, 0.6) is 5.75 Å². The van der Waals surface area contributed by atoms with Crippen LogP contribution in [0.4, 0.5) is 10.5 Å². The second-order valence-corrected chi connectivity index (χ2v) is 10.4. The van der Waals surface area contributed by atoms with Crippen molar-refractivity contribution in [2.24, 2.45) is 10.2 Å². The van der Waals surface area contributed by atoms with E-state index in [1.807, 2.05) is 11.8 Å². The highest BCUT2D eigenvalue weighted by molar-refractivity contribution is 8.00. The average Bonchev–Trinajstić information content (AvgIpc) is 3.41. The van der Waals surface area contributed by atoms with Crippen LogP contribution in [-0.4, -0.2) is 57.8 Å². The summed E-state index contributed by atoms with van der Waals surface area (Å²) in [5.41, 5.74) is 2.22. The molecular formula is C25H31N5O5S. The highest BCUT2D eigenvalue weighted by Gasteiger charge is 2.42. The number of azo groups is 1. The molecule has 1 aliphatic carbocycles. The fourth-order valence-electron chi connectivity index (χ4n) is 4.52. The van der Waals surface area contributed by atoms with E-state index in [0.29, 0.717) is 54.4 Å². The van der Waals surface area contributed by atoms with Crippen molar-refractivity contribution in [2.45, 2.75) is 62.3 Å². The third kappa shape index (κ3) is 6.87. The Morgan fingerprint density at radius 1 is 1.14 bits per heavy atom. The summed E-state index contributed by atoms with van der Waals surface area (Å²) >= 11 is 1.88. The number of carboxylic acids is 1. The zero-order chi connectivity index (χ0) is 25.5. The normalized spacial score (nSPS) is 23.0. The van der Waals surface area contributed by atoms with Crippen molar-refractivity contribution in [3.8, 4) is 5.75 Å². The highest BCUT2D eigenvalue weighted by atomic mass is 32.2. The van der Waals surface area contributed by atoms with Gasteiger partial charge in [0, 0.05) is 29.5 Å². The Kier molecular flexibility index (Phi) is 8.63. The molecule has 2 heterocycles. The number of carboxylic acid groups (broad SMARTS) is 1. The number of fused-ring (bicyclic) bond motifs is 1. The van der Waals surface area contributed by atoms with Crippen molar-refractivity contribution in [3.05, 3.63) is 47.2 Å². The van der Waals surface area contributed by atoms with Crippen LogP contribution >= 0.6 is 11.8 Å². The van der Waals surface area contributed by atoms with Gasteiger partial charge in [-0.1, -0.05) is 12.5 Å². The van der Waals surface area contributed by atoms with Crippen molar-refractivity contribution < 1.29 is 24.6 Å². The quantitative estimate of drug-likeness (QED) is 0.173. The molecule has 0 radical (unpaired) electrons. The zero-order valence-electron chi connectivity index (χ0n) is 19.9. The van der Waals surface area contributed by atoms with Crippen LogP contribution in [0.15, 0.2) is 51.8 Å². The first-order valence-corrected chi connectivity index (χ1v) is 13.3. The Balaban J connectivity index is 1.16. The van der Waals surface area contributed by atoms with Gasteiger partial charge in [-0.2, -0.15) is 16.9 Å². The maximum atomic E-state index is 12.2. The molecule has 3 aliphatic rings. The van der Waals surface area contributed by atoms with Crippen molar-refractivity contribution in [3.63, 3.8) is 0 Å². The van der Waals surface area contributed by atoms with E-state index in [4.69, 9.17) is 5.11 Å². The first-order chi connectivity index (χ1) is 17.4. The molecule has 0 bridgehead atoms. The number of phenolic OH excluding ortho intramolecular Hbond substituents is 1. The summed E-state index contributed by atoms with van der Waals surface area (Å²) in [4.78, 5) is 34.7. The maximum Gasteiger partial charge on any atom is 0.331 e. The minimum absolute atomic E-state index is 0.00408. The highest BCUT2D eigenvalue weighted by Crippen LogP contribution is 2.33. The molecule has 1 aromatic carbocycles. The van der Waals surface area contributed by atoms with Crippen LogP contribution in [0.3, 0.4) is 0 Å². The van der Waals surface area contributed by atoms with Crippen LogP contribution < -0.4 is 16.0 Å². The molecular weight excluding hydrogens is 482 g/mol. The summed E-state index contributed by atoms with van der Waals surface area (Å²) < 4.78 is 0. The standard InChI is InChI=1S/C25H31N5O5S/c31-20-10-5-15(13-18(20)30-29-17-8-6-16(7-9-17)24(33)34)11-12-26-22(32)4-2-1-3-21-23-19(14-36-21)27-25(35)28-23/h5-6,8,10,13,19,21,23,31H,1-4,7,9,11-12,14H2,(H,26,32)(H,33,34)(H2,27,28,35). The van der Waals surface area contributed by atoms with Gasteiger partial charge in [0.05, 0.1) is 17.8 Å². The summed E-state index contributed by atoms with van der Waals surface area (Å²) in [6, 6.07) is 5.42. The van der Waals surface area contributed by atoms with Gasteiger partial charge in [0.1, 0.15) is 11.4 Å². The monoisotopic (exact) mass is 513 g/mol. The summed E-state index contributed by atoms with van der Waals surface area (Å²) in [6.07, 6.45) is 7.82. The summed E-state index contributed by atoms with van der Waals surface area (Å²) in [5.74, 6) is 0.0282. The van der Waals surface area contributed by atoms with Crippen LogP contribution in [-0.2, 0) is 16.0 Å². The number of amides is 3. The number of thioether (sulfide) groups is 1. The van der Waals surface area contributed by atoms with Crippen molar-refractivity contribution in [2.75, 3.05) is 12.3 Å². The van der Waals surface area contributed by atoms with Gasteiger partial charge < -0.3 is 26.2 Å². The fraction of sp³-hybridized carbons (Fsp3) is 0.480. The third-order valence-electron chi connectivity index (χ3n) is 6.54. The maximum absolute atomic E-state index is 12.2. The van der Waals surface area contributed by atoms with Gasteiger partial charge in [0.25, 0.3) is 0 Å². The second kappa shape index (κ2) is 12.1. The number of aliphatic carboxylic acids is 1. The molecule has 2 fully saturated rings. The molecule has 3 amide bonds. The van der Waals surface area contributed by atoms with Gasteiger partial charge in [-0.15, -0.1) is 5.11 Å². The molecule has 10 nitrogen and oxygen atoms in total. The molecule has 2 saturated heterocycles. The molecule has 192 valence electrons. The molecule has 0 saturated carbocycles. The number of urea groups is 1. The van der Waals surface area contributed by atoms with Crippen molar-refractivity contribution in [1.29, 1.82) is 0 Å². The number of allylic oxidation sites excluding steroid dienone is 3. The summed E-state index contributed by atoms with van der Waals surface area (Å²) in [6.45, 7) is 0.480. The van der Waals surface area contributed by atoms with Gasteiger partial charge in [-0.3, -0.25) is 4.79 Å². The molecule has 2 aliphatic heterocycles. The molecule has 11 heteroatoms. The first-order valence-electron chi connectivity index (χ1n) is 12.2. The van der Waals surface area contributed by atoms with Crippen LogP contribution in [0.2, 0.25) is 0 Å². The van der Waals surface area contributed by atoms with E-state index in [1.54, 1.807) is 24.3 Å². The van der Waals surface area contributed by atoms with Crippen LogP contribution in [0.25, 0.3) is 0 Å². The number of rotatable bonds is 11. The number of benzene rings is 1. The predicted octanol–water partition coefficient (Wildman–Crippen LogP) is 3.55. The van der Waals surface area contributed by atoms with E-state index in [1.165, 1.54) is 6.08 Å². The number of hydrogen-bond donors (Lipinski definition) is 5. The largest absolute Gasteiger partial charge is 0.506 e. The van der Waals surface area contributed by atoms with Gasteiger partial charge in [0.15, 0.2) is 0 Å². The Hall–Kier alpha value is -3.34. The first kappa shape index (κ1) is 25.7. The number of phenols is 1. The number of nitrogens with one attached hydrogen (secondary N) is 3. The van der Waals surface area contributed by atoms with Gasteiger partial charge in [-0.05, 0) is 62.0 Å². The zero-order valence-corrected chi connectivity index (χ0v) is 20.7. The number of hydrogen-bond acceptors (Lipinski definition) is 7. The van der Waals surface area contributed by atoms with Crippen LogP contribution in [0, 0.1) is 0 Å². The number of unbranched alkanes of at least 4 members (excludes halogenated alkanes) is 1. The van der Waals surface area contributed by atoms with E-state index in [9.17, 15) is 19.5 Å². The molecule has 3 atom stereocenters. The minimum Gasteiger partial charge on any atom is -0.506 e. The number of nitrogens with zero attached hydrogens (tertiary/aromatic N) is 2. The fourth-order valence-corrected chi connectivity index (χ4v) is 6.06. The second-order valence-electron chi connectivity index (χ2n) is 9.15. The lowest BCUT2D eigenvalue weighted by molar-refractivity contribution is -0.132. The third-order valence-corrected chi connectivity index (χ3v) is 8.05. The van der Waals surface area contributed by atoms with Gasteiger partial charge in [-0.25, -0.2) is 9.59 Å². The minimum atomic E-state index is -0.932.